The topological polar surface area (TPSA) is 27.1 Å². The maximum Gasteiger partial charge on any atom is 0.204 e. The van der Waals surface area contributed by atoms with E-state index in [0.29, 0.717) is 12.0 Å². The van der Waals surface area contributed by atoms with E-state index in [1.807, 2.05) is 6.20 Å². The first-order valence-electron chi connectivity index (χ1n) is 4.39. The molecule has 0 aliphatic heterocycles. The van der Waals surface area contributed by atoms with Gasteiger partial charge < -0.3 is 4.74 Å². The van der Waals surface area contributed by atoms with Gasteiger partial charge in [-0.25, -0.2) is 15.0 Å². The van der Waals surface area contributed by atoms with Crippen molar-refractivity contribution in [3.63, 3.8) is 0 Å². The number of hydrogen-bond acceptors (Lipinski definition) is 2. The van der Waals surface area contributed by atoms with Gasteiger partial charge in [0, 0.05) is 18.1 Å². The Labute approximate surface area is 91.7 Å². The third kappa shape index (κ3) is 4.35. The predicted octanol–water partition coefficient (Wildman–Crippen LogP) is 2.20. The molecule has 0 saturated heterocycles. The van der Waals surface area contributed by atoms with Crippen molar-refractivity contribution in [3.8, 4) is 0 Å². The van der Waals surface area contributed by atoms with Gasteiger partial charge in [-0.1, -0.05) is 0 Å². The summed E-state index contributed by atoms with van der Waals surface area (Å²) in [6.45, 7) is 1.28. The summed E-state index contributed by atoms with van der Waals surface area (Å²) in [5.41, 5.74) is 0. The highest BCUT2D eigenvalue weighted by molar-refractivity contribution is 8.32. The SMILES string of the molecule is CS(C)(C)CCOCn1ccnc1Cl. The monoisotopic (exact) mass is 236 g/mol. The maximum absolute atomic E-state index is 5.79. The zero-order valence-electron chi connectivity index (χ0n) is 8.86. The van der Waals surface area contributed by atoms with Gasteiger partial charge in [-0.05, 0) is 30.4 Å². The van der Waals surface area contributed by atoms with Gasteiger partial charge in [0.2, 0.25) is 5.28 Å². The average molecular weight is 237 g/mol. The first kappa shape index (κ1) is 11.9. The van der Waals surface area contributed by atoms with Crippen molar-refractivity contribution in [1.82, 2.24) is 9.55 Å². The number of nitrogens with zero attached hydrogens (tertiary/aromatic N) is 2. The molecule has 0 fully saturated rings. The Morgan fingerprint density at radius 2 is 2.21 bits per heavy atom. The minimum atomic E-state index is -0.458. The van der Waals surface area contributed by atoms with Crippen LogP contribution in [0, 0.1) is 0 Å². The summed E-state index contributed by atoms with van der Waals surface area (Å²) in [5, 5.41) is 0.480. The van der Waals surface area contributed by atoms with Gasteiger partial charge in [-0.15, -0.1) is 0 Å². The van der Waals surface area contributed by atoms with Crippen LogP contribution >= 0.6 is 21.6 Å². The smallest absolute Gasteiger partial charge is 0.204 e. The molecule has 1 heterocycles. The van der Waals surface area contributed by atoms with Crippen molar-refractivity contribution < 1.29 is 4.74 Å². The Kier molecular flexibility index (Phi) is 4.29. The molecule has 0 spiro atoms. The fraction of sp³-hybridized carbons (Fsp3) is 0.667. The van der Waals surface area contributed by atoms with Crippen LogP contribution in [0.3, 0.4) is 0 Å². The van der Waals surface area contributed by atoms with E-state index < -0.39 is 10.0 Å². The molecule has 5 heteroatoms. The molecule has 0 aromatic carbocycles. The Morgan fingerprint density at radius 3 is 2.71 bits per heavy atom. The van der Waals surface area contributed by atoms with Crippen LogP contribution in [-0.2, 0) is 11.5 Å². The number of aromatic nitrogens is 2. The average Bonchev–Trinajstić information content (AvgIpc) is 2.44. The Balaban J connectivity index is 2.20. The number of rotatable bonds is 5. The Morgan fingerprint density at radius 1 is 1.50 bits per heavy atom. The van der Waals surface area contributed by atoms with E-state index in [4.69, 9.17) is 16.3 Å². The highest BCUT2D eigenvalue weighted by Gasteiger charge is 2.03. The molecule has 3 nitrogen and oxygen atoms in total. The van der Waals surface area contributed by atoms with Crippen LogP contribution in [0.2, 0.25) is 5.28 Å². The number of hydrogen-bond donors (Lipinski definition) is 0. The van der Waals surface area contributed by atoms with E-state index in [2.05, 4.69) is 23.8 Å². The zero-order valence-corrected chi connectivity index (χ0v) is 10.4. The number of ether oxygens (including phenoxy) is 1. The second-order valence-electron chi connectivity index (χ2n) is 4.00. The lowest BCUT2D eigenvalue weighted by molar-refractivity contribution is 0.0898. The fourth-order valence-corrected chi connectivity index (χ4v) is 1.66. The lowest BCUT2D eigenvalue weighted by Crippen LogP contribution is -2.09. The van der Waals surface area contributed by atoms with Gasteiger partial charge in [0.1, 0.15) is 6.73 Å². The van der Waals surface area contributed by atoms with Crippen molar-refractivity contribution in [2.24, 2.45) is 0 Å². The molecule has 14 heavy (non-hydrogen) atoms. The number of imidazole rings is 1. The summed E-state index contributed by atoms with van der Waals surface area (Å²) in [4.78, 5) is 3.90. The summed E-state index contributed by atoms with van der Waals surface area (Å²) in [5.74, 6) is 1.12. The minimum absolute atomic E-state index is 0.458. The van der Waals surface area contributed by atoms with E-state index >= 15 is 0 Å². The van der Waals surface area contributed by atoms with Crippen LogP contribution in [0.1, 0.15) is 0 Å². The van der Waals surface area contributed by atoms with Crippen LogP contribution in [-0.4, -0.2) is 40.7 Å². The summed E-state index contributed by atoms with van der Waals surface area (Å²) >= 11 is 5.79. The molecule has 1 aromatic heterocycles. The van der Waals surface area contributed by atoms with E-state index in [1.54, 1.807) is 10.8 Å². The first-order valence-corrected chi connectivity index (χ1v) is 7.80. The second-order valence-corrected chi connectivity index (χ2v) is 8.93. The summed E-state index contributed by atoms with van der Waals surface area (Å²) < 4.78 is 7.27. The van der Waals surface area contributed by atoms with Crippen molar-refractivity contribution in [2.45, 2.75) is 6.73 Å². The molecule has 0 saturated carbocycles. The summed E-state index contributed by atoms with van der Waals surface area (Å²) in [7, 11) is -0.458. The van der Waals surface area contributed by atoms with Gasteiger partial charge in [-0.3, -0.25) is 4.57 Å². The molecule has 0 bridgehead atoms. The van der Waals surface area contributed by atoms with Gasteiger partial charge in [-0.2, -0.15) is 0 Å². The van der Waals surface area contributed by atoms with Crippen LogP contribution in [0.15, 0.2) is 12.4 Å². The lowest BCUT2D eigenvalue weighted by Gasteiger charge is -2.24. The van der Waals surface area contributed by atoms with Gasteiger partial charge in [0.15, 0.2) is 0 Å². The summed E-state index contributed by atoms with van der Waals surface area (Å²) in [6, 6.07) is 0. The first-order chi connectivity index (χ1) is 6.49. The highest BCUT2D eigenvalue weighted by Crippen LogP contribution is 2.33. The molecular weight excluding hydrogens is 220 g/mol. The Hall–Kier alpha value is -0.190. The van der Waals surface area contributed by atoms with Crippen molar-refractivity contribution >= 4 is 21.6 Å². The number of halogens is 1. The molecular formula is C9H17ClN2OS. The van der Waals surface area contributed by atoms with E-state index in [1.165, 1.54) is 0 Å². The van der Waals surface area contributed by atoms with Gasteiger partial charge in [0.25, 0.3) is 0 Å². The van der Waals surface area contributed by atoms with Crippen LogP contribution < -0.4 is 0 Å². The molecule has 1 aromatic rings. The van der Waals surface area contributed by atoms with E-state index in [9.17, 15) is 0 Å². The zero-order chi connectivity index (χ0) is 10.6. The molecule has 0 atom stereocenters. The van der Waals surface area contributed by atoms with Crippen molar-refractivity contribution in [2.75, 3.05) is 31.1 Å². The van der Waals surface area contributed by atoms with Crippen LogP contribution in [0.5, 0.6) is 0 Å². The molecule has 0 N–H and O–H groups in total. The largest absolute Gasteiger partial charge is 0.360 e. The van der Waals surface area contributed by atoms with E-state index in [0.717, 1.165) is 12.4 Å². The molecule has 82 valence electrons. The Bertz CT molecular complexity index is 283. The minimum Gasteiger partial charge on any atom is -0.360 e. The fourth-order valence-electron chi connectivity index (χ4n) is 0.879. The van der Waals surface area contributed by atoms with Gasteiger partial charge >= 0.3 is 0 Å². The molecule has 0 aliphatic carbocycles. The molecule has 1 rings (SSSR count). The summed E-state index contributed by atoms with van der Waals surface area (Å²) in [6.07, 6.45) is 10.3. The maximum atomic E-state index is 5.79. The van der Waals surface area contributed by atoms with Crippen molar-refractivity contribution in [1.29, 1.82) is 0 Å². The third-order valence-electron chi connectivity index (χ3n) is 1.74. The molecule has 0 unspecified atom stereocenters. The predicted molar refractivity (Wildman–Crippen MR) is 63.4 cm³/mol. The van der Waals surface area contributed by atoms with Crippen LogP contribution in [0.25, 0.3) is 0 Å². The normalized spacial score (nSPS) is 13.1. The quantitative estimate of drug-likeness (QED) is 0.733. The lowest BCUT2D eigenvalue weighted by atomic mass is 10.8. The van der Waals surface area contributed by atoms with Crippen molar-refractivity contribution in [3.05, 3.63) is 17.7 Å². The van der Waals surface area contributed by atoms with E-state index in [-0.39, 0.29) is 0 Å². The standard InChI is InChI=1S/C9H17ClN2OS/c1-14(2,3)7-6-13-8-12-5-4-11-9(12)10/h4-5H,6-8H2,1-3H3. The molecule has 0 aliphatic rings. The highest BCUT2D eigenvalue weighted by atomic mass is 35.5. The molecule has 0 amide bonds. The molecule has 0 radical (unpaired) electrons. The van der Waals surface area contributed by atoms with Gasteiger partial charge in [0.05, 0.1) is 6.61 Å². The van der Waals surface area contributed by atoms with Crippen LogP contribution in [0.4, 0.5) is 0 Å². The third-order valence-corrected chi connectivity index (χ3v) is 3.44. The second kappa shape index (κ2) is 5.05.